The van der Waals surface area contributed by atoms with E-state index in [0.29, 0.717) is 27.6 Å². The van der Waals surface area contributed by atoms with Crippen molar-refractivity contribution in [2.24, 2.45) is 0 Å². The van der Waals surface area contributed by atoms with Crippen LogP contribution in [0.1, 0.15) is 40.9 Å². The summed E-state index contributed by atoms with van der Waals surface area (Å²) >= 11 is 1.17. The summed E-state index contributed by atoms with van der Waals surface area (Å²) in [5, 5.41) is 13.5. The second kappa shape index (κ2) is 7.84. The lowest BCUT2D eigenvalue weighted by Crippen LogP contribution is -2.33. The van der Waals surface area contributed by atoms with E-state index in [0.717, 1.165) is 24.2 Å². The third-order valence-electron chi connectivity index (χ3n) is 4.51. The zero-order valence-electron chi connectivity index (χ0n) is 15.0. The van der Waals surface area contributed by atoms with Crippen molar-refractivity contribution in [3.63, 3.8) is 0 Å². The molecule has 0 radical (unpaired) electrons. The van der Waals surface area contributed by atoms with Crippen LogP contribution in [0.4, 0.5) is 5.82 Å². The van der Waals surface area contributed by atoms with Crippen LogP contribution in [0.25, 0.3) is 10.2 Å². The molecular weight excluding hydrogens is 352 g/mol. The van der Waals surface area contributed by atoms with Gasteiger partial charge in [-0.25, -0.2) is 14.8 Å². The van der Waals surface area contributed by atoms with E-state index in [1.165, 1.54) is 17.7 Å². The van der Waals surface area contributed by atoms with Gasteiger partial charge in [0.25, 0.3) is 0 Å². The van der Waals surface area contributed by atoms with Crippen molar-refractivity contribution >= 4 is 33.3 Å². The number of likely N-dealkylation sites (N-methyl/N-ethyl adjacent to an activating group) is 1. The van der Waals surface area contributed by atoms with Crippen molar-refractivity contribution < 1.29 is 14.3 Å². The number of rotatable bonds is 8. The minimum atomic E-state index is -0.937. The summed E-state index contributed by atoms with van der Waals surface area (Å²) in [7, 11) is 0. The number of aromatic nitrogens is 2. The van der Waals surface area contributed by atoms with E-state index in [4.69, 9.17) is 4.42 Å². The van der Waals surface area contributed by atoms with Crippen molar-refractivity contribution in [2.45, 2.75) is 26.8 Å². The van der Waals surface area contributed by atoms with Crippen LogP contribution in [0.2, 0.25) is 0 Å². The number of aromatic carboxylic acids is 1. The van der Waals surface area contributed by atoms with Gasteiger partial charge >= 0.3 is 5.97 Å². The Bertz CT molecular complexity index is 887. The molecule has 0 fully saturated rings. The number of aryl methyl sites for hydroxylation is 1. The second-order valence-electron chi connectivity index (χ2n) is 5.90. The van der Waals surface area contributed by atoms with E-state index < -0.39 is 5.97 Å². The average molecular weight is 374 g/mol. The lowest BCUT2D eigenvalue weighted by Gasteiger charge is -2.28. The van der Waals surface area contributed by atoms with Crippen LogP contribution in [-0.4, -0.2) is 45.6 Å². The molecule has 0 amide bonds. The lowest BCUT2D eigenvalue weighted by atomic mass is 10.1. The van der Waals surface area contributed by atoms with Gasteiger partial charge in [-0.1, -0.05) is 13.8 Å². The molecule has 1 atom stereocenters. The van der Waals surface area contributed by atoms with E-state index in [2.05, 4.69) is 34.0 Å². The molecule has 1 unspecified atom stereocenters. The first-order chi connectivity index (χ1) is 12.6. The van der Waals surface area contributed by atoms with Crippen molar-refractivity contribution in [1.82, 2.24) is 14.9 Å². The van der Waals surface area contributed by atoms with Crippen LogP contribution in [0.15, 0.2) is 29.1 Å². The molecule has 7 nitrogen and oxygen atoms in total. The summed E-state index contributed by atoms with van der Waals surface area (Å²) in [5.74, 6) is 0.604. The monoisotopic (exact) mass is 374 g/mol. The van der Waals surface area contributed by atoms with E-state index in [-0.39, 0.29) is 6.04 Å². The lowest BCUT2D eigenvalue weighted by molar-refractivity contribution is 0.0701. The molecule has 3 heterocycles. The first kappa shape index (κ1) is 18.3. The molecule has 3 aromatic rings. The van der Waals surface area contributed by atoms with Gasteiger partial charge in [-0.3, -0.25) is 4.90 Å². The van der Waals surface area contributed by atoms with Crippen molar-refractivity contribution in [2.75, 3.05) is 25.0 Å². The molecule has 3 aromatic heterocycles. The standard InChI is InChI=1S/C18H22N4O3S/c1-4-22(5-2)12(13-7-6-8-25-13)9-19-16-14-11(3)15(18(23)24)26-17(14)21-10-20-16/h6-8,10,12H,4-5,9H2,1-3H3,(H,23,24)(H,19,20,21). The Hall–Kier alpha value is -2.45. The Morgan fingerprint density at radius 2 is 2.15 bits per heavy atom. The zero-order chi connectivity index (χ0) is 18.7. The van der Waals surface area contributed by atoms with Gasteiger partial charge in [0.15, 0.2) is 0 Å². The number of nitrogens with one attached hydrogen (secondary N) is 1. The fraction of sp³-hybridized carbons (Fsp3) is 0.389. The number of nitrogens with zero attached hydrogens (tertiary/aromatic N) is 3. The maximum Gasteiger partial charge on any atom is 0.346 e. The highest BCUT2D eigenvalue weighted by Gasteiger charge is 2.23. The number of furan rings is 1. The van der Waals surface area contributed by atoms with Crippen molar-refractivity contribution in [3.05, 3.63) is 40.9 Å². The largest absolute Gasteiger partial charge is 0.477 e. The Morgan fingerprint density at radius 3 is 2.77 bits per heavy atom. The van der Waals surface area contributed by atoms with E-state index in [9.17, 15) is 9.90 Å². The maximum absolute atomic E-state index is 11.4. The van der Waals surface area contributed by atoms with Crippen LogP contribution in [-0.2, 0) is 0 Å². The van der Waals surface area contributed by atoms with Crippen LogP contribution in [0.5, 0.6) is 0 Å². The molecule has 0 saturated heterocycles. The molecule has 0 aliphatic heterocycles. The molecule has 3 rings (SSSR count). The first-order valence-electron chi connectivity index (χ1n) is 8.55. The summed E-state index contributed by atoms with van der Waals surface area (Å²) in [6, 6.07) is 3.91. The number of anilines is 1. The minimum absolute atomic E-state index is 0.0582. The summed E-state index contributed by atoms with van der Waals surface area (Å²) in [6.07, 6.45) is 3.14. The molecule has 2 N–H and O–H groups in total. The normalized spacial score (nSPS) is 12.6. The number of carboxylic acids is 1. The van der Waals surface area contributed by atoms with Gasteiger partial charge in [-0.05, 0) is 37.7 Å². The highest BCUT2D eigenvalue weighted by atomic mass is 32.1. The Balaban J connectivity index is 1.91. The molecule has 138 valence electrons. The average Bonchev–Trinajstić information content (AvgIpc) is 3.27. The van der Waals surface area contributed by atoms with Gasteiger partial charge in [0, 0.05) is 6.54 Å². The Morgan fingerprint density at radius 1 is 1.38 bits per heavy atom. The molecule has 0 bridgehead atoms. The predicted octanol–water partition coefficient (Wildman–Crippen LogP) is 3.79. The van der Waals surface area contributed by atoms with Crippen LogP contribution in [0, 0.1) is 6.92 Å². The van der Waals surface area contributed by atoms with E-state index in [1.807, 2.05) is 12.1 Å². The van der Waals surface area contributed by atoms with Gasteiger partial charge < -0.3 is 14.8 Å². The topological polar surface area (TPSA) is 91.5 Å². The van der Waals surface area contributed by atoms with Gasteiger partial charge in [0.2, 0.25) is 0 Å². The molecule has 0 aromatic carbocycles. The Labute approximate surface area is 155 Å². The fourth-order valence-corrected chi connectivity index (χ4v) is 4.15. The highest BCUT2D eigenvalue weighted by Crippen LogP contribution is 2.33. The summed E-state index contributed by atoms with van der Waals surface area (Å²) in [6.45, 7) is 8.41. The molecule has 26 heavy (non-hydrogen) atoms. The van der Waals surface area contributed by atoms with Crippen LogP contribution >= 0.6 is 11.3 Å². The molecule has 0 saturated carbocycles. The number of thiophene rings is 1. The van der Waals surface area contributed by atoms with Crippen LogP contribution < -0.4 is 5.32 Å². The fourth-order valence-electron chi connectivity index (χ4n) is 3.16. The quantitative estimate of drug-likeness (QED) is 0.620. The Kier molecular flexibility index (Phi) is 5.53. The van der Waals surface area contributed by atoms with E-state index in [1.54, 1.807) is 13.2 Å². The summed E-state index contributed by atoms with van der Waals surface area (Å²) < 4.78 is 5.63. The summed E-state index contributed by atoms with van der Waals surface area (Å²) in [4.78, 5) is 23.3. The third-order valence-corrected chi connectivity index (χ3v) is 5.70. The second-order valence-corrected chi connectivity index (χ2v) is 6.90. The number of carboxylic acid groups (broad SMARTS) is 1. The molecule has 8 heteroatoms. The number of hydrogen-bond donors (Lipinski definition) is 2. The van der Waals surface area contributed by atoms with Crippen molar-refractivity contribution in [3.8, 4) is 0 Å². The number of hydrogen-bond acceptors (Lipinski definition) is 7. The smallest absolute Gasteiger partial charge is 0.346 e. The summed E-state index contributed by atoms with van der Waals surface area (Å²) in [5.41, 5.74) is 0.693. The molecular formula is C18H22N4O3S. The first-order valence-corrected chi connectivity index (χ1v) is 9.37. The SMILES string of the molecule is CCN(CC)C(CNc1ncnc2sc(C(=O)O)c(C)c12)c1ccco1. The zero-order valence-corrected chi connectivity index (χ0v) is 15.8. The van der Waals surface area contributed by atoms with Gasteiger partial charge in [-0.2, -0.15) is 0 Å². The molecule has 0 aliphatic rings. The van der Waals surface area contributed by atoms with E-state index >= 15 is 0 Å². The van der Waals surface area contributed by atoms with Gasteiger partial charge in [0.05, 0.1) is 17.7 Å². The minimum Gasteiger partial charge on any atom is -0.477 e. The number of carbonyl (C=O) groups is 1. The number of fused-ring (bicyclic) bond motifs is 1. The third kappa shape index (κ3) is 3.42. The highest BCUT2D eigenvalue weighted by molar-refractivity contribution is 7.20. The molecule has 0 spiro atoms. The van der Waals surface area contributed by atoms with Gasteiger partial charge in [0.1, 0.15) is 27.6 Å². The van der Waals surface area contributed by atoms with Crippen LogP contribution in [0.3, 0.4) is 0 Å². The predicted molar refractivity (Wildman–Crippen MR) is 102 cm³/mol. The van der Waals surface area contributed by atoms with Gasteiger partial charge in [-0.15, -0.1) is 11.3 Å². The maximum atomic E-state index is 11.4. The van der Waals surface area contributed by atoms with Crippen molar-refractivity contribution in [1.29, 1.82) is 0 Å². The molecule has 0 aliphatic carbocycles.